The number of hydrogen-bond donors (Lipinski definition) is 1. The van der Waals surface area contributed by atoms with Crippen molar-refractivity contribution in [1.82, 2.24) is 5.43 Å². The van der Waals surface area contributed by atoms with Crippen LogP contribution in [0.25, 0.3) is 0 Å². The third-order valence-corrected chi connectivity index (χ3v) is 4.81. The molecule has 0 spiro atoms. The summed E-state index contributed by atoms with van der Waals surface area (Å²) in [6.07, 6.45) is 1.39. The largest absolute Gasteiger partial charge is 0.493 e. The number of aryl methyl sites for hydroxylation is 2. The molecular weight excluding hydrogens is 454 g/mol. The second-order valence-electron chi connectivity index (χ2n) is 7.41. The normalized spacial score (nSPS) is 10.6. The fraction of sp³-hybridized carbons (Fsp3) is 0.160. The van der Waals surface area contributed by atoms with Crippen LogP contribution in [0, 0.1) is 24.0 Å². The van der Waals surface area contributed by atoms with Crippen LogP contribution in [0.1, 0.15) is 27.0 Å². The van der Waals surface area contributed by atoms with Crippen molar-refractivity contribution in [2.75, 3.05) is 13.7 Å². The number of amides is 1. The predicted octanol–water partition coefficient (Wildman–Crippen LogP) is 3.97. The number of non-ortho nitro benzene ring substituents is 1. The first-order valence-corrected chi connectivity index (χ1v) is 10.4. The highest BCUT2D eigenvalue weighted by Crippen LogP contribution is 2.29. The zero-order valence-electron chi connectivity index (χ0n) is 19.3. The number of esters is 1. The lowest BCUT2D eigenvalue weighted by Gasteiger charge is -2.11. The summed E-state index contributed by atoms with van der Waals surface area (Å²) in [5.74, 6) is -0.0725. The molecule has 0 aliphatic carbocycles. The van der Waals surface area contributed by atoms with Gasteiger partial charge in [-0.25, -0.2) is 10.2 Å². The highest BCUT2D eigenvalue weighted by atomic mass is 16.6. The van der Waals surface area contributed by atoms with Gasteiger partial charge in [0.15, 0.2) is 18.1 Å². The van der Waals surface area contributed by atoms with E-state index in [0.29, 0.717) is 33.8 Å². The summed E-state index contributed by atoms with van der Waals surface area (Å²) in [6, 6.07) is 16.1. The number of nitro groups is 1. The number of rotatable bonds is 9. The smallest absolute Gasteiger partial charge is 0.343 e. The molecule has 1 amide bonds. The Bertz CT molecular complexity index is 1250. The minimum absolute atomic E-state index is 0.0438. The third kappa shape index (κ3) is 6.64. The number of nitrogens with one attached hydrogen (secondary N) is 1. The summed E-state index contributed by atoms with van der Waals surface area (Å²) in [7, 11) is 1.44. The number of ether oxygens (including phenoxy) is 3. The van der Waals surface area contributed by atoms with E-state index in [1.54, 1.807) is 62.4 Å². The highest BCUT2D eigenvalue weighted by Gasteiger charge is 2.15. The molecule has 0 fully saturated rings. The molecule has 0 heterocycles. The number of nitro benzene ring substituents is 1. The lowest BCUT2D eigenvalue weighted by atomic mass is 10.1. The Morgan fingerprint density at radius 2 is 1.71 bits per heavy atom. The number of methoxy groups -OCH3 is 1. The molecule has 10 nitrogen and oxygen atoms in total. The predicted molar refractivity (Wildman–Crippen MR) is 128 cm³/mol. The lowest BCUT2D eigenvalue weighted by Crippen LogP contribution is -2.25. The van der Waals surface area contributed by atoms with E-state index >= 15 is 0 Å². The molecule has 0 aromatic heterocycles. The maximum absolute atomic E-state index is 12.3. The van der Waals surface area contributed by atoms with E-state index in [1.807, 2.05) is 0 Å². The Kier molecular flexibility index (Phi) is 8.12. The molecule has 10 heteroatoms. The van der Waals surface area contributed by atoms with Gasteiger partial charge in [0.2, 0.25) is 0 Å². The second-order valence-corrected chi connectivity index (χ2v) is 7.41. The van der Waals surface area contributed by atoms with Crippen LogP contribution in [0.3, 0.4) is 0 Å². The number of carbonyl (C=O) groups is 2. The molecule has 3 aromatic carbocycles. The molecule has 1 N–H and O–H groups in total. The summed E-state index contributed by atoms with van der Waals surface area (Å²) in [4.78, 5) is 34.8. The molecule has 3 aromatic rings. The van der Waals surface area contributed by atoms with Gasteiger partial charge >= 0.3 is 5.97 Å². The molecule has 0 atom stereocenters. The highest BCUT2D eigenvalue weighted by molar-refractivity contribution is 5.91. The molecule has 0 bridgehead atoms. The van der Waals surface area contributed by atoms with Crippen LogP contribution >= 0.6 is 0 Å². The number of benzene rings is 3. The van der Waals surface area contributed by atoms with Gasteiger partial charge in [-0.05, 0) is 60.9 Å². The zero-order valence-corrected chi connectivity index (χ0v) is 19.3. The van der Waals surface area contributed by atoms with Crippen LogP contribution in [0.4, 0.5) is 5.69 Å². The van der Waals surface area contributed by atoms with E-state index in [2.05, 4.69) is 10.5 Å². The van der Waals surface area contributed by atoms with Crippen molar-refractivity contribution >= 4 is 23.8 Å². The summed E-state index contributed by atoms with van der Waals surface area (Å²) < 4.78 is 16.2. The van der Waals surface area contributed by atoms with Crippen LogP contribution in [0.5, 0.6) is 17.2 Å². The van der Waals surface area contributed by atoms with Gasteiger partial charge in [-0.3, -0.25) is 14.9 Å². The Morgan fingerprint density at radius 1 is 1.03 bits per heavy atom. The van der Waals surface area contributed by atoms with Gasteiger partial charge in [0.1, 0.15) is 5.75 Å². The van der Waals surface area contributed by atoms with Crippen molar-refractivity contribution in [3.05, 3.63) is 93.0 Å². The minimum atomic E-state index is -0.518. The van der Waals surface area contributed by atoms with Gasteiger partial charge in [-0.15, -0.1) is 0 Å². The van der Waals surface area contributed by atoms with Gasteiger partial charge in [0, 0.05) is 12.1 Å². The summed E-state index contributed by atoms with van der Waals surface area (Å²) >= 11 is 0. The average molecular weight is 477 g/mol. The van der Waals surface area contributed by atoms with Crippen molar-refractivity contribution < 1.29 is 28.7 Å². The molecule has 180 valence electrons. The molecule has 0 aliphatic rings. The first-order chi connectivity index (χ1) is 16.8. The van der Waals surface area contributed by atoms with Gasteiger partial charge in [-0.2, -0.15) is 5.10 Å². The van der Waals surface area contributed by atoms with Gasteiger partial charge in [0.25, 0.3) is 11.6 Å². The van der Waals surface area contributed by atoms with Crippen molar-refractivity contribution in [2.24, 2.45) is 5.10 Å². The lowest BCUT2D eigenvalue weighted by molar-refractivity contribution is -0.385. The SMILES string of the molecule is COc1cc(/C=N\NC(=O)COc2c(C)cc([N+](=O)[O-])cc2C)ccc1OC(=O)c1ccccc1. The van der Waals surface area contributed by atoms with Crippen molar-refractivity contribution in [3.8, 4) is 17.2 Å². The molecule has 35 heavy (non-hydrogen) atoms. The van der Waals surface area contributed by atoms with Gasteiger partial charge in [0.05, 0.1) is 23.8 Å². The van der Waals surface area contributed by atoms with Crippen LogP contribution in [-0.2, 0) is 4.79 Å². The first kappa shape index (κ1) is 24.9. The van der Waals surface area contributed by atoms with Gasteiger partial charge < -0.3 is 14.2 Å². The van der Waals surface area contributed by atoms with Crippen LogP contribution < -0.4 is 19.6 Å². The Balaban J connectivity index is 1.58. The number of hydrogen-bond acceptors (Lipinski definition) is 8. The quantitative estimate of drug-likeness (QED) is 0.162. The molecule has 0 unspecified atom stereocenters. The number of carbonyl (C=O) groups excluding carboxylic acids is 2. The van der Waals surface area contributed by atoms with E-state index in [0.717, 1.165) is 0 Å². The number of nitrogens with zero attached hydrogens (tertiary/aromatic N) is 2. The molecule has 0 radical (unpaired) electrons. The Labute approximate surface area is 201 Å². The molecule has 3 rings (SSSR count). The van der Waals surface area contributed by atoms with Crippen molar-refractivity contribution in [3.63, 3.8) is 0 Å². The maximum Gasteiger partial charge on any atom is 0.343 e. The average Bonchev–Trinajstić information content (AvgIpc) is 2.84. The van der Waals surface area contributed by atoms with Crippen LogP contribution in [0.15, 0.2) is 65.8 Å². The first-order valence-electron chi connectivity index (χ1n) is 10.4. The fourth-order valence-corrected chi connectivity index (χ4v) is 3.19. The standard InChI is InChI=1S/C25H23N3O7/c1-16-11-20(28(31)32)12-17(2)24(16)34-15-23(29)27-26-14-18-9-10-21(22(13-18)33-3)35-25(30)19-7-5-4-6-8-19/h4-14H,15H2,1-3H3,(H,27,29)/b26-14-. The monoisotopic (exact) mass is 477 g/mol. The summed E-state index contributed by atoms with van der Waals surface area (Å²) in [6.45, 7) is 3.01. The Hall–Kier alpha value is -4.73. The number of hydrazone groups is 1. The van der Waals surface area contributed by atoms with Crippen molar-refractivity contribution in [1.29, 1.82) is 0 Å². The third-order valence-electron chi connectivity index (χ3n) is 4.81. The topological polar surface area (TPSA) is 129 Å². The van der Waals surface area contributed by atoms with E-state index in [-0.39, 0.29) is 18.0 Å². The molecule has 0 aliphatic heterocycles. The van der Waals surface area contributed by atoms with E-state index in [4.69, 9.17) is 14.2 Å². The summed E-state index contributed by atoms with van der Waals surface area (Å²) in [5.41, 5.74) is 4.40. The van der Waals surface area contributed by atoms with Crippen LogP contribution in [-0.4, -0.2) is 36.7 Å². The molecule has 0 saturated carbocycles. The second kappa shape index (κ2) is 11.4. The summed E-state index contributed by atoms with van der Waals surface area (Å²) in [5, 5.41) is 14.8. The molecule has 0 saturated heterocycles. The van der Waals surface area contributed by atoms with E-state index in [1.165, 1.54) is 25.5 Å². The fourth-order valence-electron chi connectivity index (χ4n) is 3.19. The Morgan fingerprint density at radius 3 is 2.34 bits per heavy atom. The van der Waals surface area contributed by atoms with E-state index < -0.39 is 16.8 Å². The van der Waals surface area contributed by atoms with Crippen LogP contribution in [0.2, 0.25) is 0 Å². The van der Waals surface area contributed by atoms with Crippen molar-refractivity contribution in [2.45, 2.75) is 13.8 Å². The van der Waals surface area contributed by atoms with E-state index in [9.17, 15) is 19.7 Å². The maximum atomic E-state index is 12.3. The van der Waals surface area contributed by atoms with Gasteiger partial charge in [-0.1, -0.05) is 18.2 Å². The zero-order chi connectivity index (χ0) is 25.4. The minimum Gasteiger partial charge on any atom is -0.493 e. The molecular formula is C25H23N3O7.